The van der Waals surface area contributed by atoms with E-state index in [-0.39, 0.29) is 12.1 Å². The fourth-order valence-corrected chi connectivity index (χ4v) is 5.22. The largest absolute Gasteiger partial charge is 0.416 e. The summed E-state index contributed by atoms with van der Waals surface area (Å²) in [7, 11) is -4.33. The minimum atomic E-state index is -4.67. The van der Waals surface area contributed by atoms with Gasteiger partial charge in [0.2, 0.25) is 10.0 Å². The van der Waals surface area contributed by atoms with E-state index in [4.69, 9.17) is 0 Å². The molecule has 2 aromatic carbocycles. The average molecular weight is 424 g/mol. The lowest BCUT2D eigenvalue weighted by Crippen LogP contribution is -2.42. The lowest BCUT2D eigenvalue weighted by atomic mass is 10.0. The molecule has 2 heterocycles. The van der Waals surface area contributed by atoms with Gasteiger partial charge in [-0.25, -0.2) is 12.8 Å². The van der Waals surface area contributed by atoms with Gasteiger partial charge in [0.1, 0.15) is 5.82 Å². The zero-order valence-corrected chi connectivity index (χ0v) is 15.8. The predicted molar refractivity (Wildman–Crippen MR) is 98.0 cm³/mol. The highest BCUT2D eigenvalue weighted by molar-refractivity contribution is 7.89. The first-order valence-corrected chi connectivity index (χ1v) is 10.2. The number of hydrogen-bond acceptors (Lipinski definition) is 2. The number of rotatable bonds is 3. The normalized spacial score (nSPS) is 17.9. The van der Waals surface area contributed by atoms with E-state index < -0.39 is 38.5 Å². The number of alkyl halides is 3. The van der Waals surface area contributed by atoms with Gasteiger partial charge < -0.3 is 4.57 Å². The van der Waals surface area contributed by atoms with Gasteiger partial charge in [0.25, 0.3) is 0 Å². The zero-order valence-electron chi connectivity index (χ0n) is 15.0. The molecule has 4 nitrogen and oxygen atoms in total. The molecule has 4 rings (SSSR count). The topological polar surface area (TPSA) is 42.3 Å². The Labute approximate surface area is 165 Å². The molecule has 0 fully saturated rings. The fourth-order valence-electron chi connectivity index (χ4n) is 3.60. The summed E-state index contributed by atoms with van der Waals surface area (Å²) in [6.07, 6.45) is -2.91. The van der Waals surface area contributed by atoms with Crippen LogP contribution in [-0.4, -0.2) is 23.8 Å². The monoisotopic (exact) mass is 424 g/mol. The first kappa shape index (κ1) is 19.7. The first-order valence-electron chi connectivity index (χ1n) is 8.78. The van der Waals surface area contributed by atoms with Gasteiger partial charge in [0, 0.05) is 30.5 Å². The van der Waals surface area contributed by atoms with E-state index in [1.807, 2.05) is 4.57 Å². The molecule has 1 atom stereocenters. The summed E-state index contributed by atoms with van der Waals surface area (Å²) in [6, 6.07) is 11.8. The molecule has 0 radical (unpaired) electrons. The van der Waals surface area contributed by atoms with Crippen molar-refractivity contribution in [1.29, 1.82) is 0 Å². The molecule has 0 bridgehead atoms. The van der Waals surface area contributed by atoms with Crippen LogP contribution in [0.3, 0.4) is 0 Å². The number of nitrogens with zero attached hydrogens (tertiary/aromatic N) is 2. The minimum Gasteiger partial charge on any atom is -0.348 e. The molecule has 0 saturated heterocycles. The van der Waals surface area contributed by atoms with Crippen molar-refractivity contribution in [3.63, 3.8) is 0 Å². The fraction of sp³-hybridized carbons (Fsp3) is 0.200. The molecule has 0 N–H and O–H groups in total. The van der Waals surface area contributed by atoms with Crippen LogP contribution in [0.15, 0.2) is 71.8 Å². The number of hydrogen-bond donors (Lipinski definition) is 0. The summed E-state index contributed by atoms with van der Waals surface area (Å²) in [5.41, 5.74) is -0.360. The molecular formula is C20H16F4N2O2S. The molecule has 152 valence electrons. The lowest BCUT2D eigenvalue weighted by Gasteiger charge is -2.36. The Bertz CT molecular complexity index is 1160. The van der Waals surface area contributed by atoms with Crippen molar-refractivity contribution in [2.75, 3.05) is 6.54 Å². The molecule has 1 aromatic heterocycles. The smallest absolute Gasteiger partial charge is 0.348 e. The van der Waals surface area contributed by atoms with Crippen LogP contribution in [0, 0.1) is 5.82 Å². The SMILES string of the molecule is O=S(=O)(c1cccc(C(F)(F)F)c1)N1CCn2cccc2[C@H]1c1ccccc1F. The lowest BCUT2D eigenvalue weighted by molar-refractivity contribution is -0.137. The molecule has 0 unspecified atom stereocenters. The van der Waals surface area contributed by atoms with E-state index in [0.29, 0.717) is 18.3 Å². The quantitative estimate of drug-likeness (QED) is 0.584. The summed E-state index contributed by atoms with van der Waals surface area (Å²) < 4.78 is 83.4. The average Bonchev–Trinajstić information content (AvgIpc) is 3.16. The van der Waals surface area contributed by atoms with Crippen molar-refractivity contribution in [2.24, 2.45) is 0 Å². The number of fused-ring (bicyclic) bond motifs is 1. The van der Waals surface area contributed by atoms with Crippen LogP contribution in [-0.2, 0) is 22.7 Å². The van der Waals surface area contributed by atoms with Crippen LogP contribution in [0.1, 0.15) is 22.9 Å². The summed E-state index contributed by atoms with van der Waals surface area (Å²) in [6.45, 7) is 0.310. The summed E-state index contributed by atoms with van der Waals surface area (Å²) in [5, 5.41) is 0. The molecule has 29 heavy (non-hydrogen) atoms. The van der Waals surface area contributed by atoms with Crippen LogP contribution in [0.5, 0.6) is 0 Å². The summed E-state index contributed by atoms with van der Waals surface area (Å²) >= 11 is 0. The highest BCUT2D eigenvalue weighted by Crippen LogP contribution is 2.38. The van der Waals surface area contributed by atoms with E-state index in [9.17, 15) is 26.0 Å². The standard InChI is InChI=1S/C20H16F4N2O2S/c21-17-8-2-1-7-16(17)19-18-9-4-10-25(18)11-12-26(19)29(27,28)15-6-3-5-14(13-15)20(22,23)24/h1-10,13,19H,11-12H2/t19-/m1/s1. The first-order chi connectivity index (χ1) is 13.7. The van der Waals surface area contributed by atoms with Crippen molar-refractivity contribution in [2.45, 2.75) is 23.7 Å². The summed E-state index contributed by atoms with van der Waals surface area (Å²) in [4.78, 5) is -0.478. The third kappa shape index (κ3) is 3.44. The molecule has 1 aliphatic rings. The number of sulfonamides is 1. The van der Waals surface area contributed by atoms with Crippen LogP contribution in [0.4, 0.5) is 17.6 Å². The second-order valence-corrected chi connectivity index (χ2v) is 8.58. The molecule has 9 heteroatoms. The van der Waals surface area contributed by atoms with Gasteiger partial charge in [0.15, 0.2) is 0 Å². The predicted octanol–water partition coefficient (Wildman–Crippen LogP) is 4.44. The minimum absolute atomic E-state index is 0.000734. The van der Waals surface area contributed by atoms with Gasteiger partial charge in [-0.2, -0.15) is 17.5 Å². The van der Waals surface area contributed by atoms with Crippen molar-refractivity contribution >= 4 is 10.0 Å². The van der Waals surface area contributed by atoms with Crippen LogP contribution >= 0.6 is 0 Å². The third-order valence-electron chi connectivity index (χ3n) is 4.96. The van der Waals surface area contributed by atoms with Crippen molar-refractivity contribution in [3.8, 4) is 0 Å². The second-order valence-electron chi connectivity index (χ2n) is 6.69. The highest BCUT2D eigenvalue weighted by atomic mass is 32.2. The van der Waals surface area contributed by atoms with Gasteiger partial charge in [-0.3, -0.25) is 0 Å². The maximum Gasteiger partial charge on any atom is 0.416 e. The van der Waals surface area contributed by atoms with Crippen molar-refractivity contribution in [1.82, 2.24) is 8.87 Å². The Kier molecular flexibility index (Phi) is 4.74. The molecule has 1 aliphatic heterocycles. The van der Waals surface area contributed by atoms with E-state index in [1.165, 1.54) is 18.2 Å². The van der Waals surface area contributed by atoms with E-state index in [0.717, 1.165) is 22.5 Å². The Morgan fingerprint density at radius 3 is 2.41 bits per heavy atom. The van der Waals surface area contributed by atoms with Gasteiger partial charge in [-0.05, 0) is 36.4 Å². The maximum absolute atomic E-state index is 14.6. The van der Waals surface area contributed by atoms with Gasteiger partial charge in [0.05, 0.1) is 16.5 Å². The van der Waals surface area contributed by atoms with E-state index in [1.54, 1.807) is 24.4 Å². The maximum atomic E-state index is 14.6. The zero-order chi connectivity index (χ0) is 20.8. The second kappa shape index (κ2) is 7.00. The van der Waals surface area contributed by atoms with Crippen molar-refractivity contribution in [3.05, 3.63) is 89.5 Å². The Balaban J connectivity index is 1.86. The highest BCUT2D eigenvalue weighted by Gasteiger charge is 2.40. The summed E-state index contributed by atoms with van der Waals surface area (Å²) in [5.74, 6) is -0.587. The van der Waals surface area contributed by atoms with Gasteiger partial charge in [-0.1, -0.05) is 24.3 Å². The van der Waals surface area contributed by atoms with Gasteiger partial charge in [-0.15, -0.1) is 0 Å². The van der Waals surface area contributed by atoms with Crippen molar-refractivity contribution < 1.29 is 26.0 Å². The van der Waals surface area contributed by atoms with Crippen LogP contribution in [0.2, 0.25) is 0 Å². The molecule has 0 saturated carbocycles. The van der Waals surface area contributed by atoms with E-state index in [2.05, 4.69) is 0 Å². The van der Waals surface area contributed by atoms with Crippen LogP contribution < -0.4 is 0 Å². The van der Waals surface area contributed by atoms with Crippen LogP contribution in [0.25, 0.3) is 0 Å². The third-order valence-corrected chi connectivity index (χ3v) is 6.82. The molecule has 0 aliphatic carbocycles. The molecular weight excluding hydrogens is 408 g/mol. The number of halogens is 4. The molecule has 0 spiro atoms. The Morgan fingerprint density at radius 2 is 1.69 bits per heavy atom. The molecule has 3 aromatic rings. The molecule has 0 amide bonds. The Hall–Kier alpha value is -2.65. The van der Waals surface area contributed by atoms with E-state index >= 15 is 0 Å². The van der Waals surface area contributed by atoms with Gasteiger partial charge >= 0.3 is 6.18 Å². The Morgan fingerprint density at radius 1 is 0.931 bits per heavy atom. The number of aromatic nitrogens is 1. The number of benzene rings is 2.